The van der Waals surface area contributed by atoms with Crippen molar-refractivity contribution in [3.63, 3.8) is 0 Å². The molecule has 0 saturated carbocycles. The van der Waals surface area contributed by atoms with Gasteiger partial charge in [0, 0.05) is 23.3 Å². The second-order valence-corrected chi connectivity index (χ2v) is 6.62. The summed E-state index contributed by atoms with van der Waals surface area (Å²) in [6.45, 7) is 3.98. The number of rotatable bonds is 4. The molecule has 1 aromatic carbocycles. The number of H-pyrrole nitrogens is 1. The van der Waals surface area contributed by atoms with Crippen LogP contribution in [0.1, 0.15) is 17.1 Å². The molecule has 8 heteroatoms. The molecule has 6 nitrogen and oxygen atoms in total. The summed E-state index contributed by atoms with van der Waals surface area (Å²) in [5.41, 5.74) is 3.33. The highest BCUT2D eigenvalue weighted by atomic mass is 32.2. The third-order valence-electron chi connectivity index (χ3n) is 3.75. The normalized spacial score (nSPS) is 11.3. The quantitative estimate of drug-likeness (QED) is 0.567. The van der Waals surface area contributed by atoms with Crippen LogP contribution in [0.4, 0.5) is 4.39 Å². The number of aryl methyl sites for hydroxylation is 2. The highest BCUT2D eigenvalue weighted by molar-refractivity contribution is 7.98. The van der Waals surface area contributed by atoms with E-state index in [9.17, 15) is 4.39 Å². The summed E-state index contributed by atoms with van der Waals surface area (Å²) >= 11 is 1.44. The van der Waals surface area contributed by atoms with Crippen molar-refractivity contribution in [3.8, 4) is 11.4 Å². The Hall–Kier alpha value is -2.74. The van der Waals surface area contributed by atoms with Crippen molar-refractivity contribution in [1.29, 1.82) is 0 Å². The average Bonchev–Trinajstić information content (AvgIpc) is 3.20. The maximum atomic E-state index is 13.8. The number of hydrogen-bond donors (Lipinski definition) is 1. The third-order valence-corrected chi connectivity index (χ3v) is 4.64. The van der Waals surface area contributed by atoms with Crippen LogP contribution in [-0.2, 0) is 5.75 Å². The molecule has 0 amide bonds. The number of benzene rings is 1. The molecule has 126 valence electrons. The Labute approximate surface area is 147 Å². The molecular formula is C17H15FN6S. The van der Waals surface area contributed by atoms with Gasteiger partial charge >= 0.3 is 0 Å². The van der Waals surface area contributed by atoms with Crippen LogP contribution in [0.3, 0.4) is 0 Å². The van der Waals surface area contributed by atoms with Crippen LogP contribution in [0, 0.1) is 19.7 Å². The Morgan fingerprint density at radius 2 is 2.00 bits per heavy atom. The molecule has 0 atom stereocenters. The summed E-state index contributed by atoms with van der Waals surface area (Å²) in [7, 11) is 0. The number of aromatic nitrogens is 6. The van der Waals surface area contributed by atoms with E-state index in [1.807, 2.05) is 30.5 Å². The van der Waals surface area contributed by atoms with Crippen molar-refractivity contribution in [2.75, 3.05) is 0 Å². The zero-order valence-corrected chi connectivity index (χ0v) is 14.5. The molecule has 25 heavy (non-hydrogen) atoms. The highest BCUT2D eigenvalue weighted by Crippen LogP contribution is 2.23. The van der Waals surface area contributed by atoms with E-state index in [0.717, 1.165) is 17.1 Å². The maximum Gasteiger partial charge on any atom is 0.234 e. The lowest BCUT2D eigenvalue weighted by Crippen LogP contribution is -1.94. The molecule has 0 bridgehead atoms. The molecule has 3 aromatic heterocycles. The fraction of sp³-hybridized carbons (Fsp3) is 0.176. The fourth-order valence-electron chi connectivity index (χ4n) is 2.61. The van der Waals surface area contributed by atoms with Gasteiger partial charge in [-0.1, -0.05) is 23.9 Å². The molecule has 1 N–H and O–H groups in total. The van der Waals surface area contributed by atoms with E-state index in [-0.39, 0.29) is 5.82 Å². The first-order valence-corrected chi connectivity index (χ1v) is 8.71. The van der Waals surface area contributed by atoms with E-state index < -0.39 is 0 Å². The number of halogens is 1. The first kappa shape index (κ1) is 15.8. The lowest BCUT2D eigenvalue weighted by atomic mass is 10.2. The van der Waals surface area contributed by atoms with E-state index in [1.165, 1.54) is 17.8 Å². The topological polar surface area (TPSA) is 71.8 Å². The second kappa shape index (κ2) is 6.29. The molecular weight excluding hydrogens is 339 g/mol. The van der Waals surface area contributed by atoms with Crippen LogP contribution >= 0.6 is 11.8 Å². The minimum Gasteiger partial charge on any atom is -0.288 e. The van der Waals surface area contributed by atoms with Gasteiger partial charge in [0.15, 0.2) is 5.82 Å². The largest absolute Gasteiger partial charge is 0.288 e. The van der Waals surface area contributed by atoms with Gasteiger partial charge in [0.05, 0.1) is 11.3 Å². The molecule has 0 saturated heterocycles. The van der Waals surface area contributed by atoms with Gasteiger partial charge in [0.25, 0.3) is 0 Å². The Balaban J connectivity index is 1.52. The van der Waals surface area contributed by atoms with E-state index in [0.29, 0.717) is 28.1 Å². The zero-order chi connectivity index (χ0) is 17.4. The van der Waals surface area contributed by atoms with Crippen LogP contribution in [0.2, 0.25) is 0 Å². The van der Waals surface area contributed by atoms with Crippen molar-refractivity contribution in [2.24, 2.45) is 0 Å². The average molecular weight is 354 g/mol. The fourth-order valence-corrected chi connectivity index (χ4v) is 3.29. The Morgan fingerprint density at radius 3 is 2.84 bits per heavy atom. The molecule has 0 unspecified atom stereocenters. The summed E-state index contributed by atoms with van der Waals surface area (Å²) in [4.78, 5) is 13.3. The van der Waals surface area contributed by atoms with Crippen molar-refractivity contribution < 1.29 is 4.39 Å². The summed E-state index contributed by atoms with van der Waals surface area (Å²) in [5, 5.41) is 7.48. The Bertz CT molecular complexity index is 1050. The van der Waals surface area contributed by atoms with Gasteiger partial charge in [-0.15, -0.1) is 5.10 Å². The standard InChI is InChI=1S/C17H15FN6S/c1-10-7-11(2)24-8-12(20-16(24)19-10)9-25-17-21-15(22-23-17)13-5-3-4-6-14(13)18/h3-8H,9H2,1-2H3,(H,21,22,23). The zero-order valence-electron chi connectivity index (χ0n) is 13.7. The molecule has 4 rings (SSSR count). The molecule has 3 heterocycles. The first-order valence-electron chi connectivity index (χ1n) is 7.72. The molecule has 4 aromatic rings. The van der Waals surface area contributed by atoms with Crippen LogP contribution in [0.25, 0.3) is 17.2 Å². The van der Waals surface area contributed by atoms with Crippen molar-refractivity contribution in [2.45, 2.75) is 24.8 Å². The van der Waals surface area contributed by atoms with E-state index in [1.54, 1.807) is 18.2 Å². The molecule has 0 aliphatic rings. The number of nitrogens with one attached hydrogen (secondary N) is 1. The minimum atomic E-state index is -0.326. The van der Waals surface area contributed by atoms with E-state index in [2.05, 4.69) is 25.1 Å². The van der Waals surface area contributed by atoms with Crippen LogP contribution in [-0.4, -0.2) is 29.5 Å². The second-order valence-electron chi connectivity index (χ2n) is 5.68. The van der Waals surface area contributed by atoms with Crippen molar-refractivity contribution >= 4 is 17.5 Å². The SMILES string of the molecule is Cc1cc(C)n2cc(CSc3n[nH]c(-c4ccccc4F)n3)nc2n1. The molecule has 0 spiro atoms. The summed E-state index contributed by atoms with van der Waals surface area (Å²) in [6.07, 6.45) is 1.97. The molecule has 0 aliphatic carbocycles. The summed E-state index contributed by atoms with van der Waals surface area (Å²) in [6, 6.07) is 8.50. The van der Waals surface area contributed by atoms with E-state index >= 15 is 0 Å². The smallest absolute Gasteiger partial charge is 0.234 e. The van der Waals surface area contributed by atoms with Crippen LogP contribution < -0.4 is 0 Å². The highest BCUT2D eigenvalue weighted by Gasteiger charge is 2.11. The Kier molecular flexibility index (Phi) is 3.96. The number of aromatic amines is 1. The molecule has 0 fully saturated rings. The van der Waals surface area contributed by atoms with Gasteiger partial charge in [0.2, 0.25) is 10.9 Å². The first-order chi connectivity index (χ1) is 12.1. The lowest BCUT2D eigenvalue weighted by Gasteiger charge is -1.98. The third kappa shape index (κ3) is 3.12. The van der Waals surface area contributed by atoms with Gasteiger partial charge < -0.3 is 0 Å². The lowest BCUT2D eigenvalue weighted by molar-refractivity contribution is 0.630. The number of imidazole rings is 1. The number of nitrogens with zero attached hydrogens (tertiary/aromatic N) is 5. The van der Waals surface area contributed by atoms with E-state index in [4.69, 9.17) is 0 Å². The minimum absolute atomic E-state index is 0.326. The van der Waals surface area contributed by atoms with Gasteiger partial charge in [-0.05, 0) is 32.0 Å². The van der Waals surface area contributed by atoms with Gasteiger partial charge in [-0.3, -0.25) is 9.50 Å². The number of thioether (sulfide) groups is 1. The predicted molar refractivity (Wildman–Crippen MR) is 93.8 cm³/mol. The van der Waals surface area contributed by atoms with Crippen molar-refractivity contribution in [3.05, 3.63) is 59.4 Å². The van der Waals surface area contributed by atoms with Gasteiger partial charge in [-0.25, -0.2) is 19.3 Å². The van der Waals surface area contributed by atoms with Gasteiger partial charge in [-0.2, -0.15) is 0 Å². The van der Waals surface area contributed by atoms with Crippen molar-refractivity contribution in [1.82, 2.24) is 29.5 Å². The Morgan fingerprint density at radius 1 is 1.16 bits per heavy atom. The summed E-state index contributed by atoms with van der Waals surface area (Å²) < 4.78 is 15.8. The molecule has 0 aliphatic heterocycles. The van der Waals surface area contributed by atoms with Crippen LogP contribution in [0.5, 0.6) is 0 Å². The predicted octanol–water partition coefficient (Wildman–Crippen LogP) is 3.56. The van der Waals surface area contributed by atoms with Crippen LogP contribution in [0.15, 0.2) is 41.7 Å². The number of fused-ring (bicyclic) bond motifs is 1. The van der Waals surface area contributed by atoms with Gasteiger partial charge in [0.1, 0.15) is 5.82 Å². The summed E-state index contributed by atoms with van der Waals surface area (Å²) in [5.74, 6) is 1.39. The number of hydrogen-bond acceptors (Lipinski definition) is 5. The maximum absolute atomic E-state index is 13.8. The monoisotopic (exact) mass is 354 g/mol. The molecule has 0 radical (unpaired) electrons.